The van der Waals surface area contributed by atoms with Crippen LogP contribution in [-0.4, -0.2) is 58.1 Å². The Labute approximate surface area is 166 Å². The Kier molecular flexibility index (Phi) is 6.79. The van der Waals surface area contributed by atoms with E-state index in [9.17, 15) is 4.79 Å². The maximum Gasteiger partial charge on any atom is 0.258 e. The highest BCUT2D eigenvalue weighted by Gasteiger charge is 2.18. The van der Waals surface area contributed by atoms with Crippen LogP contribution in [0.1, 0.15) is 37.9 Å². The molecule has 0 bridgehead atoms. The van der Waals surface area contributed by atoms with Crippen LogP contribution in [0.25, 0.3) is 10.9 Å². The number of aromatic nitrogens is 2. The molecular weight excluding hydrogens is 358 g/mol. The zero-order chi connectivity index (χ0) is 19.2. The number of nitrogens with one attached hydrogen (secondary N) is 2. The number of rotatable bonds is 6. The lowest BCUT2D eigenvalue weighted by Gasteiger charge is -2.31. The third kappa shape index (κ3) is 5.49. The van der Waals surface area contributed by atoms with Gasteiger partial charge in [0.15, 0.2) is 5.11 Å². The number of thiocarbonyl (C=S) groups is 1. The third-order valence-corrected chi connectivity index (χ3v) is 5.42. The predicted molar refractivity (Wildman–Crippen MR) is 114 cm³/mol. The smallest absolute Gasteiger partial charge is 0.258 e. The standard InChI is InChI=1S/C20H29N5OS/c1-24(2)12-13-25(20(27)21-15-8-4-3-5-9-15)14-18-22-17-11-7-6-10-16(17)19(26)23-18/h6-7,10-11,15H,3-5,8-9,12-14H2,1-2H3,(H,21,27)(H,22,23,26). The van der Waals surface area contributed by atoms with Crippen LogP contribution in [0.5, 0.6) is 0 Å². The van der Waals surface area contributed by atoms with E-state index in [4.69, 9.17) is 12.2 Å². The summed E-state index contributed by atoms with van der Waals surface area (Å²) in [6.07, 6.45) is 6.19. The normalized spacial score (nSPS) is 15.2. The number of aromatic amines is 1. The topological polar surface area (TPSA) is 64.3 Å². The zero-order valence-electron chi connectivity index (χ0n) is 16.2. The number of fused-ring (bicyclic) bond motifs is 1. The van der Waals surface area contributed by atoms with Crippen molar-refractivity contribution in [1.82, 2.24) is 25.1 Å². The van der Waals surface area contributed by atoms with Gasteiger partial charge in [-0.3, -0.25) is 4.79 Å². The van der Waals surface area contributed by atoms with Gasteiger partial charge in [0.1, 0.15) is 5.82 Å². The molecular formula is C20H29N5OS. The molecule has 1 fully saturated rings. The van der Waals surface area contributed by atoms with E-state index in [1.54, 1.807) is 6.07 Å². The second-order valence-electron chi connectivity index (χ2n) is 7.54. The van der Waals surface area contributed by atoms with Crippen molar-refractivity contribution in [2.24, 2.45) is 0 Å². The molecule has 0 unspecified atom stereocenters. The Hall–Kier alpha value is -1.99. The summed E-state index contributed by atoms with van der Waals surface area (Å²) in [7, 11) is 4.10. The van der Waals surface area contributed by atoms with Gasteiger partial charge in [-0.05, 0) is 51.3 Å². The summed E-state index contributed by atoms with van der Waals surface area (Å²) in [6.45, 7) is 2.15. The molecule has 146 valence electrons. The summed E-state index contributed by atoms with van der Waals surface area (Å²) in [5, 5.41) is 4.90. The lowest BCUT2D eigenvalue weighted by molar-refractivity contribution is 0.310. The minimum atomic E-state index is -0.102. The van der Waals surface area contributed by atoms with E-state index in [2.05, 4.69) is 25.1 Å². The van der Waals surface area contributed by atoms with Crippen LogP contribution in [0.2, 0.25) is 0 Å². The molecule has 1 saturated carbocycles. The molecule has 7 heteroatoms. The van der Waals surface area contributed by atoms with Crippen molar-refractivity contribution in [3.63, 3.8) is 0 Å². The lowest BCUT2D eigenvalue weighted by atomic mass is 9.96. The van der Waals surface area contributed by atoms with Gasteiger partial charge in [0, 0.05) is 19.1 Å². The van der Waals surface area contributed by atoms with Gasteiger partial charge in [-0.15, -0.1) is 0 Å². The fraction of sp³-hybridized carbons (Fsp3) is 0.550. The van der Waals surface area contributed by atoms with Gasteiger partial charge in [-0.25, -0.2) is 4.98 Å². The van der Waals surface area contributed by atoms with E-state index in [1.165, 1.54) is 32.1 Å². The molecule has 2 N–H and O–H groups in total. The van der Waals surface area contributed by atoms with Gasteiger partial charge in [0.05, 0.1) is 17.4 Å². The predicted octanol–water partition coefficient (Wildman–Crippen LogP) is 2.49. The first-order valence-electron chi connectivity index (χ1n) is 9.71. The molecule has 1 aromatic carbocycles. The summed E-state index contributed by atoms with van der Waals surface area (Å²) in [4.78, 5) is 24.2. The Bertz CT molecular complexity index is 828. The van der Waals surface area contributed by atoms with E-state index in [1.807, 2.05) is 32.3 Å². The second-order valence-corrected chi connectivity index (χ2v) is 7.93. The van der Waals surface area contributed by atoms with Gasteiger partial charge < -0.3 is 20.1 Å². The molecule has 1 aromatic heterocycles. The molecule has 2 aromatic rings. The molecule has 0 aliphatic heterocycles. The van der Waals surface area contributed by atoms with Gasteiger partial charge in [-0.1, -0.05) is 31.4 Å². The first-order chi connectivity index (χ1) is 13.0. The Morgan fingerprint density at radius 3 is 2.70 bits per heavy atom. The molecule has 3 rings (SSSR count). The van der Waals surface area contributed by atoms with Crippen molar-refractivity contribution in [2.45, 2.75) is 44.7 Å². The van der Waals surface area contributed by atoms with Crippen LogP contribution in [0.15, 0.2) is 29.1 Å². The fourth-order valence-electron chi connectivity index (χ4n) is 3.48. The summed E-state index contributed by atoms with van der Waals surface area (Å²) in [5.41, 5.74) is 0.615. The van der Waals surface area contributed by atoms with Crippen LogP contribution in [-0.2, 0) is 6.54 Å². The van der Waals surface area contributed by atoms with Crippen LogP contribution in [0.3, 0.4) is 0 Å². The number of likely N-dealkylation sites (N-methyl/N-ethyl adjacent to an activating group) is 1. The number of hydrogen-bond acceptors (Lipinski definition) is 4. The highest BCUT2D eigenvalue weighted by molar-refractivity contribution is 7.80. The maximum absolute atomic E-state index is 12.4. The average molecular weight is 388 g/mol. The monoisotopic (exact) mass is 387 g/mol. The SMILES string of the molecule is CN(C)CCN(Cc1nc2ccccc2c(=O)[nH]1)C(=S)NC1CCCCC1. The van der Waals surface area contributed by atoms with Gasteiger partial charge in [-0.2, -0.15) is 0 Å². The first kappa shape index (κ1) is 19.8. The largest absolute Gasteiger partial charge is 0.360 e. The molecule has 1 aliphatic rings. The van der Waals surface area contributed by atoms with Crippen molar-refractivity contribution in [1.29, 1.82) is 0 Å². The molecule has 27 heavy (non-hydrogen) atoms. The molecule has 6 nitrogen and oxygen atoms in total. The number of hydrogen-bond donors (Lipinski definition) is 2. The molecule has 1 aliphatic carbocycles. The number of benzene rings is 1. The Balaban J connectivity index is 1.76. The van der Waals surface area contributed by atoms with E-state index < -0.39 is 0 Å². The van der Waals surface area contributed by atoms with Crippen molar-refractivity contribution in [3.8, 4) is 0 Å². The van der Waals surface area contributed by atoms with Crippen molar-refractivity contribution in [3.05, 3.63) is 40.4 Å². The highest BCUT2D eigenvalue weighted by atomic mass is 32.1. The average Bonchev–Trinajstić information content (AvgIpc) is 2.66. The number of nitrogens with zero attached hydrogens (tertiary/aromatic N) is 3. The molecule has 0 radical (unpaired) electrons. The first-order valence-corrected chi connectivity index (χ1v) is 10.1. The third-order valence-electron chi connectivity index (χ3n) is 5.04. The maximum atomic E-state index is 12.4. The quantitative estimate of drug-likeness (QED) is 0.743. The Morgan fingerprint density at radius 1 is 1.22 bits per heavy atom. The van der Waals surface area contributed by atoms with E-state index >= 15 is 0 Å². The second kappa shape index (κ2) is 9.28. The molecule has 0 spiro atoms. The van der Waals surface area contributed by atoms with Crippen LogP contribution < -0.4 is 10.9 Å². The van der Waals surface area contributed by atoms with Gasteiger partial charge in [0.25, 0.3) is 5.56 Å². The molecule has 0 amide bonds. The molecule has 1 heterocycles. The summed E-state index contributed by atoms with van der Waals surface area (Å²) in [6, 6.07) is 7.88. The number of para-hydroxylation sites is 1. The van der Waals surface area contributed by atoms with Crippen LogP contribution >= 0.6 is 12.2 Å². The summed E-state index contributed by atoms with van der Waals surface area (Å²) in [5.74, 6) is 0.644. The summed E-state index contributed by atoms with van der Waals surface area (Å²) >= 11 is 5.71. The number of H-pyrrole nitrogens is 1. The van der Waals surface area contributed by atoms with Crippen LogP contribution in [0.4, 0.5) is 0 Å². The summed E-state index contributed by atoms with van der Waals surface area (Å²) < 4.78 is 0. The van der Waals surface area contributed by atoms with Crippen LogP contribution in [0, 0.1) is 0 Å². The van der Waals surface area contributed by atoms with E-state index in [0.29, 0.717) is 23.8 Å². The fourth-order valence-corrected chi connectivity index (χ4v) is 3.80. The van der Waals surface area contributed by atoms with Crippen molar-refractivity contribution in [2.75, 3.05) is 27.2 Å². The minimum Gasteiger partial charge on any atom is -0.360 e. The molecule has 0 atom stereocenters. The van der Waals surface area contributed by atoms with Crippen molar-refractivity contribution < 1.29 is 0 Å². The Morgan fingerprint density at radius 2 is 1.96 bits per heavy atom. The van der Waals surface area contributed by atoms with E-state index in [-0.39, 0.29) is 5.56 Å². The minimum absolute atomic E-state index is 0.102. The van der Waals surface area contributed by atoms with Gasteiger partial charge in [0.2, 0.25) is 0 Å². The lowest BCUT2D eigenvalue weighted by Crippen LogP contribution is -2.47. The zero-order valence-corrected chi connectivity index (χ0v) is 17.0. The molecule has 0 saturated heterocycles. The van der Waals surface area contributed by atoms with Crippen molar-refractivity contribution >= 4 is 28.2 Å². The van der Waals surface area contributed by atoms with Gasteiger partial charge >= 0.3 is 0 Å². The van der Waals surface area contributed by atoms with E-state index in [0.717, 1.165) is 23.7 Å². The highest BCUT2D eigenvalue weighted by Crippen LogP contribution is 2.18.